The van der Waals surface area contributed by atoms with E-state index in [1.54, 1.807) is 14.2 Å². The van der Waals surface area contributed by atoms with Crippen molar-refractivity contribution in [2.75, 3.05) is 27.3 Å². The highest BCUT2D eigenvalue weighted by molar-refractivity contribution is 7.80. The third kappa shape index (κ3) is 4.28. The molecular formula is C25H25F3N4O4S. The lowest BCUT2D eigenvalue weighted by atomic mass is 10.1. The Labute approximate surface area is 215 Å². The van der Waals surface area contributed by atoms with Crippen LogP contribution < -0.4 is 20.5 Å². The Kier molecular flexibility index (Phi) is 6.30. The van der Waals surface area contributed by atoms with Gasteiger partial charge in [0.2, 0.25) is 5.88 Å². The number of nitrogens with one attached hydrogen (secondary N) is 1. The molecule has 0 saturated carbocycles. The van der Waals surface area contributed by atoms with Crippen molar-refractivity contribution < 1.29 is 27.8 Å². The summed E-state index contributed by atoms with van der Waals surface area (Å²) in [6.07, 6.45) is -3.31. The first-order valence-electron chi connectivity index (χ1n) is 11.6. The highest BCUT2D eigenvalue weighted by atomic mass is 32.1. The van der Waals surface area contributed by atoms with Crippen LogP contribution in [-0.4, -0.2) is 51.6 Å². The standard InChI is InChI=1S/C25H25F3N4O4S/c1-35-19-7-6-14(10-20(19)36-2)8-9-29-23(37)30-13-17-12-18(30)21-22(33)32(24(34)31(17)21)16-5-3-4-15(11-16)25(26,27)28/h3-7,10-11,17-18,33H,8-9,12-13H2,1-2H3,(H,29,37)/t17-,18-/m0/s1. The van der Waals surface area contributed by atoms with Crippen molar-refractivity contribution >= 4 is 17.3 Å². The van der Waals surface area contributed by atoms with Gasteiger partial charge in [0.15, 0.2) is 16.6 Å². The summed E-state index contributed by atoms with van der Waals surface area (Å²) < 4.78 is 52.6. The molecule has 1 aromatic heterocycles. The summed E-state index contributed by atoms with van der Waals surface area (Å²) in [6, 6.07) is 9.44. The Morgan fingerprint density at radius 2 is 1.92 bits per heavy atom. The fourth-order valence-corrected chi connectivity index (χ4v) is 5.48. The van der Waals surface area contributed by atoms with Gasteiger partial charge in [-0.05, 0) is 61.0 Å². The summed E-state index contributed by atoms with van der Waals surface area (Å²) >= 11 is 5.61. The average molecular weight is 535 g/mol. The van der Waals surface area contributed by atoms with Crippen LogP contribution in [0.1, 0.15) is 35.3 Å². The van der Waals surface area contributed by atoms with Gasteiger partial charge in [-0.25, -0.2) is 9.36 Å². The zero-order valence-electron chi connectivity index (χ0n) is 20.1. The van der Waals surface area contributed by atoms with Gasteiger partial charge in [-0.15, -0.1) is 0 Å². The minimum Gasteiger partial charge on any atom is -0.493 e. The van der Waals surface area contributed by atoms with Crippen molar-refractivity contribution in [3.8, 4) is 23.1 Å². The number of nitrogens with zero attached hydrogens (tertiary/aromatic N) is 3. The first-order chi connectivity index (χ1) is 17.6. The maximum absolute atomic E-state index is 13.2. The molecule has 0 amide bonds. The molecule has 0 aliphatic carbocycles. The first-order valence-corrected chi connectivity index (χ1v) is 12.0. The molecule has 0 unspecified atom stereocenters. The van der Waals surface area contributed by atoms with E-state index in [1.165, 1.54) is 16.7 Å². The van der Waals surface area contributed by atoms with Gasteiger partial charge in [0.1, 0.15) is 5.69 Å². The molecule has 8 nitrogen and oxygen atoms in total. The summed E-state index contributed by atoms with van der Waals surface area (Å²) in [5, 5.41) is 14.7. The summed E-state index contributed by atoms with van der Waals surface area (Å²) in [5.41, 5.74) is -0.109. The number of fused-ring (bicyclic) bond motifs is 5. The third-order valence-corrected chi connectivity index (χ3v) is 7.27. The van der Waals surface area contributed by atoms with Gasteiger partial charge in [0, 0.05) is 13.1 Å². The predicted octanol–water partition coefficient (Wildman–Crippen LogP) is 3.80. The lowest BCUT2D eigenvalue weighted by Gasteiger charge is -2.30. The van der Waals surface area contributed by atoms with Crippen LogP contribution in [0.2, 0.25) is 0 Å². The minimum absolute atomic E-state index is 0.0409. The van der Waals surface area contributed by atoms with Crippen molar-refractivity contribution in [2.45, 2.75) is 31.1 Å². The molecule has 2 aliphatic heterocycles. The molecular weight excluding hydrogens is 509 g/mol. The number of aromatic hydroxyl groups is 1. The Bertz CT molecular complexity index is 1420. The number of alkyl halides is 3. The van der Waals surface area contributed by atoms with Crippen molar-refractivity contribution in [1.82, 2.24) is 19.4 Å². The molecule has 3 heterocycles. The first kappa shape index (κ1) is 25.0. The largest absolute Gasteiger partial charge is 0.493 e. The van der Waals surface area contributed by atoms with Crippen LogP contribution in [0.5, 0.6) is 17.4 Å². The van der Waals surface area contributed by atoms with Crippen LogP contribution in [0.3, 0.4) is 0 Å². The van der Waals surface area contributed by atoms with Crippen LogP contribution in [-0.2, 0) is 12.6 Å². The molecule has 2 aliphatic rings. The molecule has 2 bridgehead atoms. The molecule has 12 heteroatoms. The lowest BCUT2D eigenvalue weighted by Crippen LogP contribution is -2.43. The van der Waals surface area contributed by atoms with E-state index in [0.29, 0.717) is 48.2 Å². The monoisotopic (exact) mass is 534 g/mol. The number of thiocarbonyl (C=S) groups is 1. The quantitative estimate of drug-likeness (QED) is 0.466. The molecule has 1 fully saturated rings. The van der Waals surface area contributed by atoms with Crippen molar-refractivity contribution in [3.63, 3.8) is 0 Å². The number of imidazole rings is 1. The summed E-state index contributed by atoms with van der Waals surface area (Å²) in [5.74, 6) is 0.915. The van der Waals surface area contributed by atoms with E-state index < -0.39 is 17.4 Å². The highest BCUT2D eigenvalue weighted by Crippen LogP contribution is 2.48. The van der Waals surface area contributed by atoms with Crippen LogP contribution >= 0.6 is 12.2 Å². The van der Waals surface area contributed by atoms with Crippen LogP contribution in [0.4, 0.5) is 13.2 Å². The van der Waals surface area contributed by atoms with E-state index in [0.717, 1.165) is 22.3 Å². The number of hydrogen-bond acceptors (Lipinski definition) is 5. The number of hydrogen-bond donors (Lipinski definition) is 2. The van der Waals surface area contributed by atoms with Gasteiger partial charge < -0.3 is 24.8 Å². The van der Waals surface area contributed by atoms with Crippen LogP contribution in [0.25, 0.3) is 5.69 Å². The molecule has 0 radical (unpaired) electrons. The van der Waals surface area contributed by atoms with Gasteiger partial charge in [-0.3, -0.25) is 4.57 Å². The van der Waals surface area contributed by atoms with Gasteiger partial charge in [-0.2, -0.15) is 13.2 Å². The molecule has 196 valence electrons. The Balaban J connectivity index is 1.32. The molecule has 37 heavy (non-hydrogen) atoms. The summed E-state index contributed by atoms with van der Waals surface area (Å²) in [7, 11) is 3.15. The number of aromatic nitrogens is 2. The van der Waals surface area contributed by atoms with E-state index in [1.807, 2.05) is 23.1 Å². The number of rotatable bonds is 6. The van der Waals surface area contributed by atoms with E-state index >= 15 is 0 Å². The molecule has 2 N–H and O–H groups in total. The topological polar surface area (TPSA) is 80.9 Å². The molecule has 3 aromatic rings. The second-order valence-electron chi connectivity index (χ2n) is 8.97. The second kappa shape index (κ2) is 9.33. The zero-order chi connectivity index (χ0) is 26.5. The highest BCUT2D eigenvalue weighted by Gasteiger charge is 2.48. The van der Waals surface area contributed by atoms with Crippen molar-refractivity contribution in [3.05, 3.63) is 69.8 Å². The number of ether oxygens (including phenoxy) is 2. The van der Waals surface area contributed by atoms with Crippen molar-refractivity contribution in [1.29, 1.82) is 0 Å². The normalized spacial score (nSPS) is 18.1. The molecule has 2 atom stereocenters. The van der Waals surface area contributed by atoms with E-state index in [4.69, 9.17) is 21.7 Å². The smallest absolute Gasteiger partial charge is 0.416 e. The van der Waals surface area contributed by atoms with Gasteiger partial charge in [0.05, 0.1) is 37.6 Å². The Morgan fingerprint density at radius 3 is 2.62 bits per heavy atom. The fraction of sp³-hybridized carbons (Fsp3) is 0.360. The SMILES string of the molecule is COc1ccc(CCNC(=S)N2C[C@@H]3C[C@H]2c2c(O)n(-c4cccc(C(F)(F)F)c4)c(=O)n23)cc1OC. The zero-order valence-corrected chi connectivity index (χ0v) is 20.9. The number of likely N-dealkylation sites (tertiary alicyclic amines) is 1. The molecule has 2 aromatic carbocycles. The lowest BCUT2D eigenvalue weighted by molar-refractivity contribution is -0.137. The van der Waals surface area contributed by atoms with E-state index in [2.05, 4.69) is 5.32 Å². The number of benzene rings is 2. The number of halogens is 3. The molecule has 5 rings (SSSR count). The minimum atomic E-state index is -4.57. The summed E-state index contributed by atoms with van der Waals surface area (Å²) in [4.78, 5) is 15.1. The predicted molar refractivity (Wildman–Crippen MR) is 134 cm³/mol. The maximum atomic E-state index is 13.2. The Hall–Kier alpha value is -3.67. The molecule has 0 spiro atoms. The van der Waals surface area contributed by atoms with Gasteiger partial charge in [0.25, 0.3) is 0 Å². The van der Waals surface area contributed by atoms with Crippen molar-refractivity contribution in [2.24, 2.45) is 0 Å². The summed E-state index contributed by atoms with van der Waals surface area (Å²) in [6.45, 7) is 1.01. The second-order valence-corrected chi connectivity index (χ2v) is 9.36. The average Bonchev–Trinajstić information content (AvgIpc) is 3.54. The fourth-order valence-electron chi connectivity index (χ4n) is 5.18. The van der Waals surface area contributed by atoms with Crippen LogP contribution in [0, 0.1) is 0 Å². The van der Waals surface area contributed by atoms with E-state index in [9.17, 15) is 23.1 Å². The van der Waals surface area contributed by atoms with Crippen LogP contribution in [0.15, 0.2) is 47.3 Å². The Morgan fingerprint density at radius 1 is 1.16 bits per heavy atom. The molecule has 1 saturated heterocycles. The van der Waals surface area contributed by atoms with Gasteiger partial charge in [-0.1, -0.05) is 12.1 Å². The van der Waals surface area contributed by atoms with Gasteiger partial charge >= 0.3 is 11.9 Å². The number of methoxy groups -OCH3 is 2. The third-order valence-electron chi connectivity index (χ3n) is 6.89. The maximum Gasteiger partial charge on any atom is 0.416 e. The van der Waals surface area contributed by atoms with E-state index in [-0.39, 0.29) is 23.7 Å².